The fraction of sp³-hybridized carbons (Fsp3) is 0.647. The molecule has 1 aliphatic heterocycles. The van der Waals surface area contributed by atoms with Crippen LogP contribution in [0.3, 0.4) is 0 Å². The number of hydrogen-bond donors (Lipinski definition) is 1. The van der Waals surface area contributed by atoms with E-state index in [1.54, 1.807) is 0 Å². The molecular weight excluding hydrogens is 326 g/mol. The Labute approximate surface area is 151 Å². The van der Waals surface area contributed by atoms with Gasteiger partial charge in [-0.1, -0.05) is 19.4 Å². The molecular formula is C17H30ClN5O. The summed E-state index contributed by atoms with van der Waals surface area (Å²) in [5.74, 6) is 1.07. The molecule has 0 saturated carbocycles. The topological polar surface area (TPSA) is 65.7 Å². The molecule has 1 saturated heterocycles. The Hall–Kier alpha value is -1.37. The number of aromatic nitrogens is 1. The van der Waals surface area contributed by atoms with Gasteiger partial charge in [-0.25, -0.2) is 4.98 Å². The van der Waals surface area contributed by atoms with Gasteiger partial charge in [0.05, 0.1) is 6.04 Å². The zero-order valence-corrected chi connectivity index (χ0v) is 15.8. The molecule has 1 atom stereocenters. The van der Waals surface area contributed by atoms with E-state index in [1.165, 1.54) is 5.56 Å². The lowest BCUT2D eigenvalue weighted by atomic mass is 10.1. The van der Waals surface area contributed by atoms with Gasteiger partial charge in [0.15, 0.2) is 0 Å². The van der Waals surface area contributed by atoms with Gasteiger partial charge >= 0.3 is 0 Å². The van der Waals surface area contributed by atoms with Gasteiger partial charge < -0.3 is 20.4 Å². The number of pyridine rings is 1. The fourth-order valence-electron chi connectivity index (χ4n) is 2.89. The summed E-state index contributed by atoms with van der Waals surface area (Å²) in [6, 6.07) is 3.84. The third-order valence-corrected chi connectivity index (χ3v) is 4.14. The highest BCUT2D eigenvalue weighted by atomic mass is 35.5. The van der Waals surface area contributed by atoms with E-state index >= 15 is 0 Å². The molecule has 2 N–H and O–H groups in total. The van der Waals surface area contributed by atoms with E-state index in [-0.39, 0.29) is 24.4 Å². The van der Waals surface area contributed by atoms with Gasteiger partial charge in [-0.15, -0.1) is 12.4 Å². The maximum atomic E-state index is 12.2. The summed E-state index contributed by atoms with van der Waals surface area (Å²) in [6.45, 7) is 6.01. The van der Waals surface area contributed by atoms with E-state index in [9.17, 15) is 4.79 Å². The second-order valence-corrected chi connectivity index (χ2v) is 6.47. The molecule has 2 rings (SSSR count). The van der Waals surface area contributed by atoms with Gasteiger partial charge in [0.2, 0.25) is 5.91 Å². The fourth-order valence-corrected chi connectivity index (χ4v) is 2.89. The Balaban J connectivity index is 0.00000288. The van der Waals surface area contributed by atoms with Gasteiger partial charge in [0, 0.05) is 38.9 Å². The molecule has 0 aromatic carbocycles. The lowest BCUT2D eigenvalue weighted by Gasteiger charge is -2.36. The van der Waals surface area contributed by atoms with Crippen molar-refractivity contribution in [2.75, 3.05) is 45.2 Å². The standard InChI is InChI=1S/C17H29N5O.ClH/c1-4-5-15(18)17(23)22-10-8-21(9-11-22)16-7-6-14(12-19-16)13-20(2)3;/h6-7,12,15H,4-5,8-11,13,18H2,1-3H3;1H. The molecule has 136 valence electrons. The zero-order chi connectivity index (χ0) is 16.8. The van der Waals surface area contributed by atoms with Crippen molar-refractivity contribution >= 4 is 24.1 Å². The molecule has 2 heterocycles. The summed E-state index contributed by atoms with van der Waals surface area (Å²) in [4.78, 5) is 23.0. The molecule has 0 spiro atoms. The number of nitrogens with zero attached hydrogens (tertiary/aromatic N) is 4. The molecule has 1 aromatic heterocycles. The van der Waals surface area contributed by atoms with Crippen LogP contribution in [0.25, 0.3) is 0 Å². The highest BCUT2D eigenvalue weighted by Gasteiger charge is 2.25. The normalized spacial score (nSPS) is 16.0. The maximum absolute atomic E-state index is 12.2. The van der Waals surface area contributed by atoms with Crippen LogP contribution in [0.15, 0.2) is 18.3 Å². The van der Waals surface area contributed by atoms with E-state index in [1.807, 2.05) is 25.2 Å². The first kappa shape index (κ1) is 20.7. The monoisotopic (exact) mass is 355 g/mol. The van der Waals surface area contributed by atoms with Crippen molar-refractivity contribution in [1.82, 2.24) is 14.8 Å². The van der Waals surface area contributed by atoms with Crippen LogP contribution in [0.4, 0.5) is 5.82 Å². The predicted octanol–water partition coefficient (Wildman–Crippen LogP) is 1.34. The van der Waals surface area contributed by atoms with Crippen molar-refractivity contribution in [2.24, 2.45) is 5.73 Å². The molecule has 1 aliphatic rings. The smallest absolute Gasteiger partial charge is 0.239 e. The summed E-state index contributed by atoms with van der Waals surface area (Å²) in [5, 5.41) is 0. The Morgan fingerprint density at radius 3 is 2.46 bits per heavy atom. The molecule has 7 heteroatoms. The third kappa shape index (κ3) is 5.61. The van der Waals surface area contributed by atoms with Gasteiger partial charge in [-0.3, -0.25) is 4.79 Å². The van der Waals surface area contributed by atoms with Gasteiger partial charge in [-0.2, -0.15) is 0 Å². The second-order valence-electron chi connectivity index (χ2n) is 6.47. The Bertz CT molecular complexity index is 500. The highest BCUT2D eigenvalue weighted by molar-refractivity contribution is 5.85. The van der Waals surface area contributed by atoms with E-state index in [0.717, 1.165) is 51.4 Å². The number of halogens is 1. The van der Waals surface area contributed by atoms with Gasteiger partial charge in [0.1, 0.15) is 5.82 Å². The van der Waals surface area contributed by atoms with Gasteiger partial charge in [-0.05, 0) is 32.1 Å². The average Bonchev–Trinajstić information content (AvgIpc) is 2.55. The van der Waals surface area contributed by atoms with E-state index in [0.29, 0.717) is 0 Å². The van der Waals surface area contributed by atoms with Crippen LogP contribution >= 0.6 is 12.4 Å². The largest absolute Gasteiger partial charge is 0.353 e. The van der Waals surface area contributed by atoms with Crippen LogP contribution < -0.4 is 10.6 Å². The van der Waals surface area contributed by atoms with Crippen LogP contribution in [0.1, 0.15) is 25.3 Å². The molecule has 24 heavy (non-hydrogen) atoms. The van der Waals surface area contributed by atoms with Crippen molar-refractivity contribution in [3.8, 4) is 0 Å². The number of carbonyl (C=O) groups is 1. The molecule has 0 bridgehead atoms. The molecule has 1 amide bonds. The summed E-state index contributed by atoms with van der Waals surface area (Å²) < 4.78 is 0. The van der Waals surface area contributed by atoms with Crippen LogP contribution in [0.5, 0.6) is 0 Å². The number of piperazine rings is 1. The SMILES string of the molecule is CCCC(N)C(=O)N1CCN(c2ccc(CN(C)C)cn2)CC1.Cl. The molecule has 0 radical (unpaired) electrons. The first-order chi connectivity index (χ1) is 11.0. The Kier molecular flexibility index (Phi) is 8.45. The van der Waals surface area contributed by atoms with Crippen LogP contribution in [0, 0.1) is 0 Å². The number of rotatable bonds is 6. The molecule has 0 aliphatic carbocycles. The van der Waals surface area contributed by atoms with Crippen molar-refractivity contribution in [1.29, 1.82) is 0 Å². The summed E-state index contributed by atoms with van der Waals surface area (Å²) in [5.41, 5.74) is 7.15. The number of hydrogen-bond acceptors (Lipinski definition) is 5. The van der Waals surface area contributed by atoms with E-state index in [4.69, 9.17) is 5.73 Å². The predicted molar refractivity (Wildman–Crippen MR) is 101 cm³/mol. The second kappa shape index (κ2) is 9.81. The number of amides is 1. The summed E-state index contributed by atoms with van der Waals surface area (Å²) in [6.07, 6.45) is 3.63. The van der Waals surface area contributed by atoms with Crippen LogP contribution in [0.2, 0.25) is 0 Å². The van der Waals surface area contributed by atoms with Crippen molar-refractivity contribution in [3.05, 3.63) is 23.9 Å². The van der Waals surface area contributed by atoms with Crippen molar-refractivity contribution in [3.63, 3.8) is 0 Å². The number of nitrogens with two attached hydrogens (primary N) is 1. The van der Waals surface area contributed by atoms with Gasteiger partial charge in [0.25, 0.3) is 0 Å². The lowest BCUT2D eigenvalue weighted by molar-refractivity contribution is -0.133. The minimum atomic E-state index is -0.352. The van der Waals surface area contributed by atoms with Crippen molar-refractivity contribution in [2.45, 2.75) is 32.4 Å². The zero-order valence-electron chi connectivity index (χ0n) is 14.9. The van der Waals surface area contributed by atoms with Crippen LogP contribution in [-0.2, 0) is 11.3 Å². The first-order valence-electron chi connectivity index (χ1n) is 8.40. The Morgan fingerprint density at radius 2 is 1.96 bits per heavy atom. The number of anilines is 1. The lowest BCUT2D eigenvalue weighted by Crippen LogP contribution is -2.53. The van der Waals surface area contributed by atoms with Crippen LogP contribution in [-0.4, -0.2) is 67.0 Å². The minimum Gasteiger partial charge on any atom is -0.353 e. The first-order valence-corrected chi connectivity index (χ1v) is 8.40. The highest BCUT2D eigenvalue weighted by Crippen LogP contribution is 2.15. The quantitative estimate of drug-likeness (QED) is 0.834. The Morgan fingerprint density at radius 1 is 1.29 bits per heavy atom. The average molecular weight is 356 g/mol. The summed E-state index contributed by atoms with van der Waals surface area (Å²) >= 11 is 0. The number of carbonyl (C=O) groups excluding carboxylic acids is 1. The minimum absolute atomic E-state index is 0. The van der Waals surface area contributed by atoms with E-state index in [2.05, 4.69) is 33.8 Å². The van der Waals surface area contributed by atoms with E-state index < -0.39 is 0 Å². The molecule has 6 nitrogen and oxygen atoms in total. The molecule has 1 fully saturated rings. The maximum Gasteiger partial charge on any atom is 0.239 e. The molecule has 1 unspecified atom stereocenters. The van der Waals surface area contributed by atoms with Crippen molar-refractivity contribution < 1.29 is 4.79 Å². The third-order valence-electron chi connectivity index (χ3n) is 4.14. The molecule has 1 aromatic rings. The summed E-state index contributed by atoms with van der Waals surface area (Å²) in [7, 11) is 4.10.